The Morgan fingerprint density at radius 3 is 2.06 bits per heavy atom. The molecule has 6 heteroatoms. The third kappa shape index (κ3) is 11.2. The van der Waals surface area contributed by atoms with Crippen LogP contribution in [0.3, 0.4) is 0 Å². The van der Waals surface area contributed by atoms with Crippen LogP contribution in [0.15, 0.2) is 24.3 Å². The second-order valence-corrected chi connectivity index (χ2v) is 9.16. The molecule has 0 unspecified atom stereocenters. The van der Waals surface area contributed by atoms with Gasteiger partial charge < -0.3 is 19.8 Å². The maximum absolute atomic E-state index is 9.10. The van der Waals surface area contributed by atoms with E-state index in [2.05, 4.69) is 56.9 Å². The predicted molar refractivity (Wildman–Crippen MR) is 124 cm³/mol. The van der Waals surface area contributed by atoms with Crippen LogP contribution >= 0.6 is 0 Å². The van der Waals surface area contributed by atoms with Crippen LogP contribution in [-0.2, 0) is 15.0 Å². The summed E-state index contributed by atoms with van der Waals surface area (Å²) < 4.78 is 5.91. The molecule has 2 rings (SSSR count). The average Bonchev–Trinajstić information content (AvgIpc) is 2.75. The SMILES string of the molecule is CCC(C)(C)c1ccc(OCCCCCCN2CCC(C)CC2)cc1.O=C(O)C(=O)O. The molecule has 1 aromatic rings. The Morgan fingerprint density at radius 2 is 1.55 bits per heavy atom. The molecule has 0 bridgehead atoms. The predicted octanol–water partition coefficient (Wildman–Crippen LogP) is 5.20. The minimum atomic E-state index is -1.82. The Labute approximate surface area is 187 Å². The number of carboxylic acid groups (broad SMARTS) is 2. The number of piperidine rings is 1. The number of hydrogen-bond acceptors (Lipinski definition) is 4. The van der Waals surface area contributed by atoms with Crippen molar-refractivity contribution in [1.29, 1.82) is 0 Å². The molecule has 0 aromatic heterocycles. The summed E-state index contributed by atoms with van der Waals surface area (Å²) in [5, 5.41) is 14.8. The first-order valence-electron chi connectivity index (χ1n) is 11.6. The van der Waals surface area contributed by atoms with Crippen LogP contribution < -0.4 is 4.74 Å². The van der Waals surface area contributed by atoms with Crippen LogP contribution in [0.1, 0.15) is 78.2 Å². The molecular formula is C25H41NO5. The monoisotopic (exact) mass is 435 g/mol. The van der Waals surface area contributed by atoms with E-state index in [9.17, 15) is 0 Å². The summed E-state index contributed by atoms with van der Waals surface area (Å²) in [7, 11) is 0. The molecule has 0 saturated carbocycles. The number of carbonyl (C=O) groups is 2. The molecule has 1 aromatic carbocycles. The van der Waals surface area contributed by atoms with Gasteiger partial charge in [-0.25, -0.2) is 9.59 Å². The van der Waals surface area contributed by atoms with Crippen LogP contribution in [0.25, 0.3) is 0 Å². The zero-order chi connectivity index (χ0) is 23.3. The molecule has 0 radical (unpaired) electrons. The molecule has 0 aliphatic carbocycles. The number of benzene rings is 1. The fourth-order valence-corrected chi connectivity index (χ4v) is 3.47. The number of hydrogen-bond donors (Lipinski definition) is 2. The Hall–Kier alpha value is -2.08. The minimum absolute atomic E-state index is 0.255. The quantitative estimate of drug-likeness (QED) is 0.388. The molecule has 2 N–H and O–H groups in total. The van der Waals surface area contributed by atoms with Gasteiger partial charge in [0.25, 0.3) is 0 Å². The van der Waals surface area contributed by atoms with Gasteiger partial charge >= 0.3 is 11.9 Å². The molecule has 176 valence electrons. The number of nitrogens with zero attached hydrogens (tertiary/aromatic N) is 1. The Bertz CT molecular complexity index is 636. The first-order valence-corrected chi connectivity index (χ1v) is 11.6. The summed E-state index contributed by atoms with van der Waals surface area (Å²) in [4.78, 5) is 20.8. The molecule has 0 atom stereocenters. The van der Waals surface area contributed by atoms with Crippen molar-refractivity contribution in [2.45, 2.75) is 78.1 Å². The van der Waals surface area contributed by atoms with Crippen LogP contribution in [0.5, 0.6) is 5.75 Å². The summed E-state index contributed by atoms with van der Waals surface area (Å²) >= 11 is 0. The van der Waals surface area contributed by atoms with E-state index in [1.165, 1.54) is 63.7 Å². The fraction of sp³-hybridized carbons (Fsp3) is 0.680. The second kappa shape index (κ2) is 14.1. The van der Waals surface area contributed by atoms with Gasteiger partial charge in [-0.15, -0.1) is 0 Å². The maximum atomic E-state index is 9.10. The summed E-state index contributed by atoms with van der Waals surface area (Å²) in [5.41, 5.74) is 1.65. The highest BCUT2D eigenvalue weighted by Gasteiger charge is 2.17. The topological polar surface area (TPSA) is 87.1 Å². The Balaban J connectivity index is 0.000000703. The van der Waals surface area contributed by atoms with Gasteiger partial charge in [0.2, 0.25) is 0 Å². The molecule has 1 fully saturated rings. The van der Waals surface area contributed by atoms with Crippen LogP contribution in [0, 0.1) is 5.92 Å². The van der Waals surface area contributed by atoms with Gasteiger partial charge in [-0.2, -0.15) is 0 Å². The largest absolute Gasteiger partial charge is 0.494 e. The lowest BCUT2D eigenvalue weighted by atomic mass is 9.82. The molecular weight excluding hydrogens is 394 g/mol. The number of ether oxygens (including phenoxy) is 1. The number of likely N-dealkylation sites (tertiary alicyclic amines) is 1. The van der Waals surface area contributed by atoms with Crippen LogP contribution in [0.2, 0.25) is 0 Å². The maximum Gasteiger partial charge on any atom is 0.414 e. The van der Waals surface area contributed by atoms with E-state index in [1.807, 2.05) is 0 Å². The first kappa shape index (κ1) is 27.0. The molecule has 1 aliphatic heterocycles. The number of rotatable bonds is 10. The van der Waals surface area contributed by atoms with Crippen molar-refractivity contribution in [1.82, 2.24) is 4.90 Å². The summed E-state index contributed by atoms with van der Waals surface area (Å²) in [6, 6.07) is 8.70. The lowest BCUT2D eigenvalue weighted by Gasteiger charge is -2.30. The lowest BCUT2D eigenvalue weighted by Crippen LogP contribution is -2.33. The Kier molecular flexibility index (Phi) is 12.2. The fourth-order valence-electron chi connectivity index (χ4n) is 3.47. The van der Waals surface area contributed by atoms with Gasteiger partial charge in [0, 0.05) is 0 Å². The van der Waals surface area contributed by atoms with Crippen molar-refractivity contribution < 1.29 is 24.5 Å². The zero-order valence-corrected chi connectivity index (χ0v) is 19.7. The lowest BCUT2D eigenvalue weighted by molar-refractivity contribution is -0.159. The van der Waals surface area contributed by atoms with Gasteiger partial charge in [-0.1, -0.05) is 52.7 Å². The molecule has 31 heavy (non-hydrogen) atoms. The van der Waals surface area contributed by atoms with Gasteiger partial charge in [0.15, 0.2) is 0 Å². The number of aliphatic carboxylic acids is 2. The summed E-state index contributed by atoms with van der Waals surface area (Å²) in [6.07, 6.45) is 9.06. The molecule has 1 aliphatic rings. The standard InChI is InChI=1S/C23H39NO.C2H2O4/c1-5-23(3,4)21-10-12-22(13-11-21)25-19-9-7-6-8-16-24-17-14-20(2)15-18-24;3-1(4)2(5)6/h10-13,20H,5-9,14-19H2,1-4H3;(H,3,4)(H,5,6). The molecule has 0 spiro atoms. The summed E-state index contributed by atoms with van der Waals surface area (Å²) in [6.45, 7) is 14.0. The van der Waals surface area contributed by atoms with E-state index in [0.717, 1.165) is 24.7 Å². The first-order chi connectivity index (χ1) is 14.7. The van der Waals surface area contributed by atoms with E-state index >= 15 is 0 Å². The highest BCUT2D eigenvalue weighted by Crippen LogP contribution is 2.28. The van der Waals surface area contributed by atoms with Crippen molar-refractivity contribution in [3.63, 3.8) is 0 Å². The van der Waals surface area contributed by atoms with E-state index in [1.54, 1.807) is 0 Å². The van der Waals surface area contributed by atoms with Gasteiger partial charge in [-0.05, 0) is 80.8 Å². The molecule has 6 nitrogen and oxygen atoms in total. The minimum Gasteiger partial charge on any atom is -0.494 e. The van der Waals surface area contributed by atoms with Crippen LogP contribution in [-0.4, -0.2) is 53.3 Å². The number of unbranched alkanes of at least 4 members (excludes halogenated alkanes) is 3. The van der Waals surface area contributed by atoms with Crippen molar-refractivity contribution in [2.24, 2.45) is 5.92 Å². The van der Waals surface area contributed by atoms with Crippen molar-refractivity contribution in [2.75, 3.05) is 26.2 Å². The second-order valence-electron chi connectivity index (χ2n) is 9.16. The Morgan fingerprint density at radius 1 is 1.00 bits per heavy atom. The van der Waals surface area contributed by atoms with Gasteiger partial charge in [0.05, 0.1) is 6.61 Å². The number of carboxylic acids is 2. The molecule has 0 amide bonds. The average molecular weight is 436 g/mol. The van der Waals surface area contributed by atoms with E-state index in [0.29, 0.717) is 0 Å². The van der Waals surface area contributed by atoms with Crippen molar-refractivity contribution >= 4 is 11.9 Å². The van der Waals surface area contributed by atoms with E-state index < -0.39 is 11.9 Å². The van der Waals surface area contributed by atoms with Crippen LogP contribution in [0.4, 0.5) is 0 Å². The van der Waals surface area contributed by atoms with Gasteiger partial charge in [0.1, 0.15) is 5.75 Å². The molecule has 1 heterocycles. The molecule has 1 saturated heterocycles. The van der Waals surface area contributed by atoms with E-state index in [4.69, 9.17) is 24.5 Å². The summed E-state index contributed by atoms with van der Waals surface area (Å²) in [5.74, 6) is -1.70. The van der Waals surface area contributed by atoms with Gasteiger partial charge in [-0.3, -0.25) is 0 Å². The normalized spacial score (nSPS) is 15.1. The third-order valence-corrected chi connectivity index (χ3v) is 6.22. The third-order valence-electron chi connectivity index (χ3n) is 6.22. The van der Waals surface area contributed by atoms with Crippen molar-refractivity contribution in [3.8, 4) is 5.75 Å². The van der Waals surface area contributed by atoms with E-state index in [-0.39, 0.29) is 5.41 Å². The highest BCUT2D eigenvalue weighted by atomic mass is 16.5. The smallest absolute Gasteiger partial charge is 0.414 e. The highest BCUT2D eigenvalue weighted by molar-refractivity contribution is 6.27. The zero-order valence-electron chi connectivity index (χ0n) is 19.7. The van der Waals surface area contributed by atoms with Crippen molar-refractivity contribution in [3.05, 3.63) is 29.8 Å².